The highest BCUT2D eigenvalue weighted by molar-refractivity contribution is 5.99. The highest BCUT2D eigenvalue weighted by Gasteiger charge is 2.35. The van der Waals surface area contributed by atoms with Crippen molar-refractivity contribution in [3.05, 3.63) is 66.1 Å². The molecule has 0 atom stereocenters. The van der Waals surface area contributed by atoms with E-state index in [1.165, 1.54) is 23.0 Å². The number of urea groups is 1. The summed E-state index contributed by atoms with van der Waals surface area (Å²) in [5, 5.41) is 17.3. The minimum Gasteiger partial charge on any atom is -0.492 e. The molecule has 4 aromatic rings. The number of carbonyl (C=O) groups is 1. The third-order valence-corrected chi connectivity index (χ3v) is 6.72. The van der Waals surface area contributed by atoms with Crippen molar-refractivity contribution in [2.45, 2.75) is 32.4 Å². The number of carbonyl (C=O) groups excluding carboxylic acids is 1. The van der Waals surface area contributed by atoms with Gasteiger partial charge in [0.25, 0.3) is 0 Å². The van der Waals surface area contributed by atoms with E-state index in [1.807, 2.05) is 20.8 Å². The molecule has 11 nitrogen and oxygen atoms in total. The van der Waals surface area contributed by atoms with Crippen molar-refractivity contribution >= 4 is 17.5 Å². The third-order valence-electron chi connectivity index (χ3n) is 6.72. The Labute approximate surface area is 245 Å². The van der Waals surface area contributed by atoms with Gasteiger partial charge < -0.3 is 19.3 Å². The second-order valence-corrected chi connectivity index (χ2v) is 11.0. The van der Waals surface area contributed by atoms with Gasteiger partial charge in [0, 0.05) is 42.4 Å². The molecule has 3 heterocycles. The molecule has 1 aliphatic heterocycles. The van der Waals surface area contributed by atoms with E-state index in [9.17, 15) is 18.0 Å². The fourth-order valence-corrected chi connectivity index (χ4v) is 4.33. The molecular weight excluding hydrogens is 567 g/mol. The maximum atomic E-state index is 13.9. The average Bonchev–Trinajstić information content (AvgIpc) is 3.64. The standard InChI is InChI=1S/C29H32F3N7O4/c1-28(2,3)25-17-26(36-43-25)34-27(40)33-20-6-4-19(5-7-20)23-18-39(37-35-23)21-8-9-24(22(16-21)29(30,31)32)42-15-12-38-10-13-41-14-11-38/h4-9,16-18H,10-15H2,1-3H3,(H2,33,34,36,40). The molecule has 14 heteroatoms. The molecule has 2 aromatic carbocycles. The fraction of sp³-hybridized carbons (Fsp3) is 0.379. The molecular formula is C29H32F3N7O4. The molecule has 1 saturated heterocycles. The number of nitrogens with one attached hydrogen (secondary N) is 2. The first-order valence-electron chi connectivity index (χ1n) is 13.7. The van der Waals surface area contributed by atoms with Crippen LogP contribution in [0.4, 0.5) is 29.5 Å². The summed E-state index contributed by atoms with van der Waals surface area (Å²) in [6, 6.07) is 11.7. The molecule has 1 fully saturated rings. The number of anilines is 2. The van der Waals surface area contributed by atoms with Gasteiger partial charge in [-0.3, -0.25) is 10.2 Å². The molecule has 2 N–H and O–H groups in total. The van der Waals surface area contributed by atoms with Crippen LogP contribution in [-0.4, -0.2) is 70.5 Å². The lowest BCUT2D eigenvalue weighted by Gasteiger charge is -2.26. The second-order valence-electron chi connectivity index (χ2n) is 11.0. The molecule has 43 heavy (non-hydrogen) atoms. The predicted octanol–water partition coefficient (Wildman–Crippen LogP) is 5.59. The number of hydrogen-bond acceptors (Lipinski definition) is 8. The summed E-state index contributed by atoms with van der Waals surface area (Å²) in [4.78, 5) is 14.5. The van der Waals surface area contributed by atoms with E-state index in [1.54, 1.807) is 30.3 Å². The average molecular weight is 600 g/mol. The Morgan fingerprint density at radius 3 is 2.44 bits per heavy atom. The molecule has 0 aliphatic carbocycles. The number of benzene rings is 2. The molecule has 0 bridgehead atoms. The van der Waals surface area contributed by atoms with Gasteiger partial charge in [0.05, 0.1) is 30.7 Å². The van der Waals surface area contributed by atoms with Gasteiger partial charge in [-0.05, 0) is 30.3 Å². The summed E-state index contributed by atoms with van der Waals surface area (Å²) in [5.74, 6) is 0.686. The smallest absolute Gasteiger partial charge is 0.420 e. The Hall–Kier alpha value is -4.43. The molecule has 0 unspecified atom stereocenters. The zero-order valence-corrected chi connectivity index (χ0v) is 23.9. The lowest BCUT2D eigenvalue weighted by molar-refractivity contribution is -0.139. The van der Waals surface area contributed by atoms with Gasteiger partial charge in [0.2, 0.25) is 0 Å². The van der Waals surface area contributed by atoms with Crippen LogP contribution in [0.3, 0.4) is 0 Å². The summed E-state index contributed by atoms with van der Waals surface area (Å²) in [5.41, 5.74) is 0.646. The largest absolute Gasteiger partial charge is 0.492 e. The van der Waals surface area contributed by atoms with Crippen LogP contribution in [0.5, 0.6) is 5.75 Å². The molecule has 1 aliphatic rings. The van der Waals surface area contributed by atoms with Crippen molar-refractivity contribution in [2.24, 2.45) is 0 Å². The normalized spacial score (nSPS) is 14.5. The molecule has 0 radical (unpaired) electrons. The van der Waals surface area contributed by atoms with Gasteiger partial charge in [0.1, 0.15) is 23.8 Å². The van der Waals surface area contributed by atoms with E-state index < -0.39 is 17.8 Å². The highest BCUT2D eigenvalue weighted by Crippen LogP contribution is 2.37. The number of rotatable bonds is 8. The number of halogens is 3. The molecule has 0 saturated carbocycles. The van der Waals surface area contributed by atoms with Crippen molar-refractivity contribution in [1.82, 2.24) is 25.1 Å². The topological polar surface area (TPSA) is 120 Å². The molecule has 5 rings (SSSR count). The lowest BCUT2D eigenvalue weighted by atomic mass is 9.93. The summed E-state index contributed by atoms with van der Waals surface area (Å²) in [6.07, 6.45) is -3.09. The van der Waals surface area contributed by atoms with Gasteiger partial charge in [-0.25, -0.2) is 9.48 Å². The molecule has 0 spiro atoms. The van der Waals surface area contributed by atoms with Crippen LogP contribution in [0.25, 0.3) is 16.9 Å². The van der Waals surface area contributed by atoms with Crippen LogP contribution >= 0.6 is 0 Å². The number of ether oxygens (including phenoxy) is 2. The van der Waals surface area contributed by atoms with Crippen LogP contribution in [-0.2, 0) is 16.3 Å². The van der Waals surface area contributed by atoms with Crippen molar-refractivity contribution < 1.29 is 32.0 Å². The van der Waals surface area contributed by atoms with Crippen molar-refractivity contribution in [1.29, 1.82) is 0 Å². The predicted molar refractivity (Wildman–Crippen MR) is 152 cm³/mol. The Kier molecular flexibility index (Phi) is 8.69. The Bertz CT molecular complexity index is 1540. The quantitative estimate of drug-likeness (QED) is 0.269. The number of morpholine rings is 1. The summed E-state index contributed by atoms with van der Waals surface area (Å²) < 4.78 is 59.1. The number of nitrogens with zero attached hydrogens (tertiary/aromatic N) is 5. The van der Waals surface area contributed by atoms with Crippen LogP contribution in [0.15, 0.2) is 59.3 Å². The zero-order valence-electron chi connectivity index (χ0n) is 23.9. The van der Waals surface area contributed by atoms with E-state index in [4.69, 9.17) is 14.0 Å². The summed E-state index contributed by atoms with van der Waals surface area (Å²) in [6.45, 7) is 9.19. The van der Waals surface area contributed by atoms with Gasteiger partial charge >= 0.3 is 12.2 Å². The zero-order chi connectivity index (χ0) is 30.6. The maximum absolute atomic E-state index is 13.9. The first kappa shape index (κ1) is 30.0. The van der Waals surface area contributed by atoms with Gasteiger partial charge in [-0.15, -0.1) is 5.10 Å². The van der Waals surface area contributed by atoms with Crippen LogP contribution in [0, 0.1) is 0 Å². The molecule has 2 aromatic heterocycles. The first-order valence-corrected chi connectivity index (χ1v) is 13.7. The fourth-order valence-electron chi connectivity index (χ4n) is 4.33. The summed E-state index contributed by atoms with van der Waals surface area (Å²) >= 11 is 0. The minimum atomic E-state index is -4.62. The Morgan fingerprint density at radius 1 is 1.02 bits per heavy atom. The number of hydrogen-bond donors (Lipinski definition) is 2. The SMILES string of the molecule is CC(C)(C)c1cc(NC(=O)Nc2ccc(-c3cn(-c4ccc(OCCN5CCOCC5)c(C(F)(F)F)c4)nn3)cc2)no1. The van der Waals surface area contributed by atoms with Gasteiger partial charge in [0.15, 0.2) is 5.82 Å². The lowest BCUT2D eigenvalue weighted by Crippen LogP contribution is -2.38. The van der Waals surface area contributed by atoms with Gasteiger partial charge in [-0.2, -0.15) is 13.2 Å². The Balaban J connectivity index is 1.22. The van der Waals surface area contributed by atoms with Crippen molar-refractivity contribution in [3.8, 4) is 22.7 Å². The van der Waals surface area contributed by atoms with Crippen molar-refractivity contribution in [3.63, 3.8) is 0 Å². The number of aromatic nitrogens is 4. The van der Waals surface area contributed by atoms with E-state index >= 15 is 0 Å². The van der Waals surface area contributed by atoms with Crippen LogP contribution < -0.4 is 15.4 Å². The van der Waals surface area contributed by atoms with Crippen LogP contribution in [0.2, 0.25) is 0 Å². The summed E-state index contributed by atoms with van der Waals surface area (Å²) in [7, 11) is 0. The monoisotopic (exact) mass is 599 g/mol. The number of alkyl halides is 3. The number of amides is 2. The van der Waals surface area contributed by atoms with Crippen LogP contribution in [0.1, 0.15) is 32.1 Å². The molecule has 2 amide bonds. The van der Waals surface area contributed by atoms with E-state index in [0.717, 1.165) is 19.2 Å². The first-order chi connectivity index (χ1) is 20.5. The second kappa shape index (κ2) is 12.4. The van der Waals surface area contributed by atoms with E-state index in [2.05, 4.69) is 31.0 Å². The molecule has 228 valence electrons. The minimum absolute atomic E-state index is 0.126. The maximum Gasteiger partial charge on any atom is 0.420 e. The van der Waals surface area contributed by atoms with Crippen molar-refractivity contribution in [2.75, 3.05) is 50.1 Å². The van der Waals surface area contributed by atoms with E-state index in [-0.39, 0.29) is 29.3 Å². The Morgan fingerprint density at radius 2 is 1.77 bits per heavy atom. The van der Waals surface area contributed by atoms with Gasteiger partial charge in [-0.1, -0.05) is 43.3 Å². The highest BCUT2D eigenvalue weighted by atomic mass is 19.4. The third kappa shape index (κ3) is 7.70. The van der Waals surface area contributed by atoms with E-state index in [0.29, 0.717) is 42.5 Å².